The maximum atomic E-state index is 12.8. The van der Waals surface area contributed by atoms with Crippen LogP contribution in [0.2, 0.25) is 5.15 Å². The Hall–Kier alpha value is -2.35. The van der Waals surface area contributed by atoms with Crippen LogP contribution in [0.25, 0.3) is 0 Å². The van der Waals surface area contributed by atoms with E-state index in [4.69, 9.17) is 21.1 Å². The van der Waals surface area contributed by atoms with E-state index in [0.29, 0.717) is 17.3 Å². The van der Waals surface area contributed by atoms with Gasteiger partial charge >= 0.3 is 6.01 Å². The molecule has 1 N–H and O–H groups in total. The van der Waals surface area contributed by atoms with E-state index in [-0.39, 0.29) is 34.5 Å². The zero-order chi connectivity index (χ0) is 18.1. The highest BCUT2D eigenvalue weighted by atomic mass is 35.5. The van der Waals surface area contributed by atoms with Crippen LogP contribution in [0.5, 0.6) is 11.9 Å². The number of halogens is 1. The Morgan fingerprint density at radius 2 is 2.00 bits per heavy atom. The summed E-state index contributed by atoms with van der Waals surface area (Å²) in [4.78, 5) is 25.3. The predicted octanol–water partition coefficient (Wildman–Crippen LogP) is 2.73. The highest BCUT2D eigenvalue weighted by Gasteiger charge is 2.30. The number of anilines is 2. The fraction of sp³-hybridized carbons (Fsp3) is 0.500. The van der Waals surface area contributed by atoms with E-state index in [2.05, 4.69) is 20.3 Å². The Labute approximate surface area is 150 Å². The highest BCUT2D eigenvalue weighted by Crippen LogP contribution is 2.39. The van der Waals surface area contributed by atoms with Crippen molar-refractivity contribution in [1.82, 2.24) is 19.5 Å². The van der Waals surface area contributed by atoms with Crippen molar-refractivity contribution >= 4 is 23.1 Å². The van der Waals surface area contributed by atoms with Crippen molar-refractivity contribution in [2.75, 3.05) is 19.5 Å². The smallest absolute Gasteiger partial charge is 0.319 e. The molecule has 2 heterocycles. The average molecular weight is 366 g/mol. The number of rotatable bonds is 6. The summed E-state index contributed by atoms with van der Waals surface area (Å²) in [7, 11) is 2.95. The number of hydrogen-bond acceptors (Lipinski definition) is 7. The standard InChI is InChI=1S/C16H20ClN5O3/c1-8-12(14(24-3)21-16(18-8)25-4)20-13-15(23)22(7-11(17)19-13)9(2)10-5-6-10/h7,9-10H,5-6H2,1-4H3,(H,19,20)/t9-/m1/s1. The topological polar surface area (TPSA) is 91.2 Å². The van der Waals surface area contributed by atoms with Crippen molar-refractivity contribution in [3.8, 4) is 11.9 Å². The number of aromatic nitrogens is 4. The van der Waals surface area contributed by atoms with Gasteiger partial charge in [0, 0.05) is 12.2 Å². The summed E-state index contributed by atoms with van der Waals surface area (Å²) in [5.41, 5.74) is 0.758. The Morgan fingerprint density at radius 1 is 1.28 bits per heavy atom. The van der Waals surface area contributed by atoms with Gasteiger partial charge in [0.2, 0.25) is 5.88 Å². The molecule has 0 aliphatic heterocycles. The first-order valence-corrected chi connectivity index (χ1v) is 8.34. The molecule has 0 radical (unpaired) electrons. The molecule has 25 heavy (non-hydrogen) atoms. The van der Waals surface area contributed by atoms with Gasteiger partial charge in [-0.25, -0.2) is 4.98 Å². The summed E-state index contributed by atoms with van der Waals surface area (Å²) in [5, 5.41) is 3.21. The van der Waals surface area contributed by atoms with Crippen LogP contribution in [0.3, 0.4) is 0 Å². The first-order valence-electron chi connectivity index (χ1n) is 7.97. The quantitative estimate of drug-likeness (QED) is 0.841. The van der Waals surface area contributed by atoms with Crippen LogP contribution in [0, 0.1) is 12.8 Å². The SMILES string of the molecule is COc1nc(C)c(Nc2nc(Cl)cn([C@H](C)C3CC3)c2=O)c(OC)n1. The van der Waals surface area contributed by atoms with Gasteiger partial charge < -0.3 is 19.4 Å². The van der Waals surface area contributed by atoms with Gasteiger partial charge in [-0.15, -0.1) is 0 Å². The van der Waals surface area contributed by atoms with Crippen LogP contribution in [-0.4, -0.2) is 33.7 Å². The van der Waals surface area contributed by atoms with Gasteiger partial charge in [0.05, 0.1) is 19.9 Å². The minimum absolute atomic E-state index is 0.0728. The molecule has 0 unspecified atom stereocenters. The van der Waals surface area contributed by atoms with E-state index in [0.717, 1.165) is 12.8 Å². The lowest BCUT2D eigenvalue weighted by Gasteiger charge is -2.17. The van der Waals surface area contributed by atoms with Crippen molar-refractivity contribution < 1.29 is 9.47 Å². The molecular weight excluding hydrogens is 346 g/mol. The lowest BCUT2D eigenvalue weighted by atomic mass is 10.2. The van der Waals surface area contributed by atoms with Gasteiger partial charge in [0.1, 0.15) is 10.8 Å². The molecular formula is C16H20ClN5O3. The molecule has 0 spiro atoms. The molecule has 1 aliphatic carbocycles. The number of ether oxygens (including phenoxy) is 2. The second kappa shape index (κ2) is 6.87. The van der Waals surface area contributed by atoms with Crippen molar-refractivity contribution in [3.05, 3.63) is 27.4 Å². The maximum Gasteiger partial charge on any atom is 0.319 e. The number of nitrogens with zero attached hydrogens (tertiary/aromatic N) is 4. The van der Waals surface area contributed by atoms with Gasteiger partial charge in [0.15, 0.2) is 5.82 Å². The number of methoxy groups -OCH3 is 2. The Kier molecular flexibility index (Phi) is 4.80. The van der Waals surface area contributed by atoms with Crippen LogP contribution in [0.1, 0.15) is 31.5 Å². The average Bonchev–Trinajstić information content (AvgIpc) is 3.43. The molecule has 1 aliphatic rings. The summed E-state index contributed by atoms with van der Waals surface area (Å²) in [6, 6.07) is 0.252. The van der Waals surface area contributed by atoms with Crippen LogP contribution in [0.4, 0.5) is 11.5 Å². The number of aryl methyl sites for hydroxylation is 1. The molecule has 1 saturated carbocycles. The van der Waals surface area contributed by atoms with Gasteiger partial charge in [-0.05, 0) is 32.6 Å². The van der Waals surface area contributed by atoms with Crippen molar-refractivity contribution in [2.45, 2.75) is 32.7 Å². The zero-order valence-electron chi connectivity index (χ0n) is 14.5. The van der Waals surface area contributed by atoms with Gasteiger partial charge in [0.25, 0.3) is 5.56 Å². The molecule has 3 rings (SSSR count). The fourth-order valence-electron chi connectivity index (χ4n) is 2.69. The first kappa shape index (κ1) is 17.5. The van der Waals surface area contributed by atoms with E-state index in [1.54, 1.807) is 17.7 Å². The Balaban J connectivity index is 2.02. The Bertz CT molecular complexity index is 850. The largest absolute Gasteiger partial charge is 0.479 e. The summed E-state index contributed by atoms with van der Waals surface area (Å²) in [6.45, 7) is 3.77. The molecule has 0 amide bonds. The molecule has 0 saturated heterocycles. The van der Waals surface area contributed by atoms with Crippen LogP contribution >= 0.6 is 11.6 Å². The second-order valence-corrected chi connectivity index (χ2v) is 6.39. The highest BCUT2D eigenvalue weighted by molar-refractivity contribution is 6.29. The lowest BCUT2D eigenvalue weighted by Crippen LogP contribution is -2.27. The fourth-order valence-corrected chi connectivity index (χ4v) is 2.88. The molecule has 2 aromatic rings. The van der Waals surface area contributed by atoms with E-state index in [1.807, 2.05) is 6.92 Å². The van der Waals surface area contributed by atoms with Gasteiger partial charge in [-0.2, -0.15) is 9.97 Å². The maximum absolute atomic E-state index is 12.8. The number of nitrogens with one attached hydrogen (secondary N) is 1. The summed E-state index contributed by atoms with van der Waals surface area (Å²) >= 11 is 6.13. The summed E-state index contributed by atoms with van der Waals surface area (Å²) in [5.74, 6) is 0.868. The van der Waals surface area contributed by atoms with Crippen molar-refractivity contribution in [2.24, 2.45) is 5.92 Å². The minimum Gasteiger partial charge on any atom is -0.479 e. The summed E-state index contributed by atoms with van der Waals surface area (Å²) in [6.07, 6.45) is 3.82. The van der Waals surface area contributed by atoms with Gasteiger partial charge in [-0.1, -0.05) is 11.6 Å². The molecule has 0 bridgehead atoms. The monoisotopic (exact) mass is 365 g/mol. The van der Waals surface area contributed by atoms with E-state index >= 15 is 0 Å². The third kappa shape index (κ3) is 3.53. The van der Waals surface area contributed by atoms with Gasteiger partial charge in [-0.3, -0.25) is 4.79 Å². The second-order valence-electron chi connectivity index (χ2n) is 6.01. The third-order valence-electron chi connectivity index (χ3n) is 4.30. The molecule has 8 nitrogen and oxygen atoms in total. The molecule has 0 aromatic carbocycles. The molecule has 1 fully saturated rings. The van der Waals surface area contributed by atoms with E-state index in [9.17, 15) is 4.79 Å². The summed E-state index contributed by atoms with van der Waals surface area (Å²) < 4.78 is 11.9. The van der Waals surface area contributed by atoms with Crippen LogP contribution < -0.4 is 20.3 Å². The number of hydrogen-bond donors (Lipinski definition) is 1. The lowest BCUT2D eigenvalue weighted by molar-refractivity contribution is 0.352. The predicted molar refractivity (Wildman–Crippen MR) is 94.1 cm³/mol. The van der Waals surface area contributed by atoms with Crippen molar-refractivity contribution in [1.29, 1.82) is 0 Å². The molecule has 1 atom stereocenters. The molecule has 2 aromatic heterocycles. The minimum atomic E-state index is -0.249. The van der Waals surface area contributed by atoms with Crippen LogP contribution in [-0.2, 0) is 0 Å². The Morgan fingerprint density at radius 3 is 2.60 bits per heavy atom. The molecule has 134 valence electrons. The van der Waals surface area contributed by atoms with E-state index < -0.39 is 0 Å². The molecule has 9 heteroatoms. The van der Waals surface area contributed by atoms with E-state index in [1.165, 1.54) is 14.2 Å². The zero-order valence-corrected chi connectivity index (χ0v) is 15.3. The third-order valence-corrected chi connectivity index (χ3v) is 4.48. The normalized spacial score (nSPS) is 14.9. The van der Waals surface area contributed by atoms with Crippen LogP contribution in [0.15, 0.2) is 11.0 Å². The first-order chi connectivity index (χ1) is 11.9. The van der Waals surface area contributed by atoms with Crippen molar-refractivity contribution in [3.63, 3.8) is 0 Å².